The van der Waals surface area contributed by atoms with Crippen LogP contribution in [0, 0.1) is 5.82 Å². The van der Waals surface area contributed by atoms with Gasteiger partial charge in [-0.3, -0.25) is 4.79 Å². The molecule has 0 aliphatic carbocycles. The first-order valence-electron chi connectivity index (χ1n) is 5.08. The molecule has 0 saturated carbocycles. The van der Waals surface area contributed by atoms with Crippen LogP contribution in [0.5, 0.6) is 0 Å². The number of nitrogens with zero attached hydrogens (tertiary/aromatic N) is 1. The van der Waals surface area contributed by atoms with E-state index in [0.717, 1.165) is 11.4 Å². The number of benzene rings is 1. The summed E-state index contributed by atoms with van der Waals surface area (Å²) < 4.78 is 12.8. The summed E-state index contributed by atoms with van der Waals surface area (Å²) in [7, 11) is 0. The lowest BCUT2D eigenvalue weighted by Crippen LogP contribution is -2.91. The Kier molecular flexibility index (Phi) is 3.42. The van der Waals surface area contributed by atoms with Crippen LogP contribution in [0.2, 0.25) is 0 Å². The number of anilines is 1. The van der Waals surface area contributed by atoms with E-state index in [1.54, 1.807) is 29.5 Å². The molecule has 1 aromatic carbocycles. The van der Waals surface area contributed by atoms with Crippen molar-refractivity contribution in [2.75, 3.05) is 10.9 Å². The summed E-state index contributed by atoms with van der Waals surface area (Å²) in [4.78, 5) is 11.5. The normalized spacial score (nSPS) is 15.6. The number of carbonyl (C=O) groups is 1. The number of hydrogen-bond donors (Lipinski definition) is 2. The van der Waals surface area contributed by atoms with E-state index < -0.39 is 0 Å². The van der Waals surface area contributed by atoms with Crippen LogP contribution in [0.25, 0.3) is 0 Å². The highest BCUT2D eigenvalue weighted by molar-refractivity contribution is 6.30. The average molecular weight is 257 g/mol. The van der Waals surface area contributed by atoms with Crippen molar-refractivity contribution in [1.82, 2.24) is 5.53 Å². The van der Waals surface area contributed by atoms with Gasteiger partial charge in [0.15, 0.2) is 0 Å². The summed E-state index contributed by atoms with van der Waals surface area (Å²) in [5.41, 5.74) is 6.60. The summed E-state index contributed by atoms with van der Waals surface area (Å²) in [6.07, 6.45) is 0. The van der Waals surface area contributed by atoms with Crippen molar-refractivity contribution in [2.45, 2.75) is 6.92 Å². The van der Waals surface area contributed by atoms with E-state index in [-0.39, 0.29) is 17.5 Å². The zero-order valence-electron chi connectivity index (χ0n) is 9.21. The summed E-state index contributed by atoms with van der Waals surface area (Å²) in [5.74, 6) is -0.487. The second kappa shape index (κ2) is 4.83. The van der Waals surface area contributed by atoms with Gasteiger partial charge < -0.3 is 0 Å². The highest BCUT2D eigenvalue weighted by Crippen LogP contribution is 2.19. The van der Waals surface area contributed by atoms with Crippen LogP contribution < -0.4 is 16.0 Å². The quantitative estimate of drug-likeness (QED) is 0.617. The van der Waals surface area contributed by atoms with Crippen LogP contribution in [0.1, 0.15) is 6.92 Å². The molecular formula is C11H12ClFN3O+. The number of rotatable bonds is 3. The van der Waals surface area contributed by atoms with E-state index in [9.17, 15) is 9.18 Å². The van der Waals surface area contributed by atoms with E-state index in [1.165, 1.54) is 12.1 Å². The third-order valence-corrected chi connectivity index (χ3v) is 2.81. The first-order valence-corrected chi connectivity index (χ1v) is 5.62. The lowest BCUT2D eigenvalue weighted by atomic mass is 10.2. The molecule has 17 heavy (non-hydrogen) atoms. The van der Waals surface area contributed by atoms with Gasteiger partial charge in [0, 0.05) is 0 Å². The maximum atomic E-state index is 12.8. The number of halogens is 2. The fraction of sp³-hybridized carbons (Fsp3) is 0.182. The Morgan fingerprint density at radius 1 is 1.47 bits per heavy atom. The zero-order valence-corrected chi connectivity index (χ0v) is 9.96. The first kappa shape index (κ1) is 12.0. The van der Waals surface area contributed by atoms with Gasteiger partial charge in [-0.15, -0.1) is 11.6 Å². The van der Waals surface area contributed by atoms with Crippen LogP contribution in [-0.2, 0) is 4.79 Å². The number of alkyl halides is 1. The third kappa shape index (κ3) is 2.31. The number of allylic oxidation sites excluding steroid dienone is 2. The molecule has 1 aliphatic heterocycles. The Bertz CT molecular complexity index is 472. The molecule has 0 saturated heterocycles. The van der Waals surface area contributed by atoms with Gasteiger partial charge in [-0.2, -0.15) is 0 Å². The van der Waals surface area contributed by atoms with Crippen molar-refractivity contribution in [3.05, 3.63) is 41.5 Å². The number of carbonyl (C=O) groups excluding carboxylic acids is 1. The molecule has 1 heterocycles. The van der Waals surface area contributed by atoms with E-state index in [4.69, 9.17) is 11.6 Å². The van der Waals surface area contributed by atoms with Gasteiger partial charge in [-0.05, 0) is 31.2 Å². The molecule has 6 heteroatoms. The van der Waals surface area contributed by atoms with Crippen molar-refractivity contribution >= 4 is 23.1 Å². The Balaban J connectivity index is 2.28. The minimum atomic E-state index is -0.296. The summed E-state index contributed by atoms with van der Waals surface area (Å²) in [5, 5.41) is 1.71. The number of hydrazine groups is 1. The van der Waals surface area contributed by atoms with Gasteiger partial charge in [0.25, 0.3) is 0 Å². The Labute approximate surface area is 103 Å². The molecule has 0 unspecified atom stereocenters. The molecule has 1 aromatic rings. The highest BCUT2D eigenvalue weighted by atomic mass is 35.5. The van der Waals surface area contributed by atoms with Gasteiger partial charge in [0.2, 0.25) is 11.5 Å². The van der Waals surface area contributed by atoms with Crippen molar-refractivity contribution in [3.63, 3.8) is 0 Å². The standard InChI is InChI=1S/C11H11ClFN3O/c1-7-11(10(17)6-12)14-15-16(7)9-4-2-8(13)3-5-9/h2-5,14-15H,6H2,1H3/p+1. The fourth-order valence-electron chi connectivity index (χ4n) is 1.66. The molecule has 0 atom stereocenters. The summed E-state index contributed by atoms with van der Waals surface area (Å²) in [6.45, 7) is 1.81. The van der Waals surface area contributed by atoms with Gasteiger partial charge in [-0.25, -0.2) is 14.8 Å². The fourth-order valence-corrected chi connectivity index (χ4v) is 1.81. The monoisotopic (exact) mass is 256 g/mol. The number of ketones is 1. The van der Waals surface area contributed by atoms with E-state index in [1.807, 2.05) is 0 Å². The molecule has 0 fully saturated rings. The molecule has 0 bridgehead atoms. The molecule has 1 aliphatic rings. The number of nitrogens with one attached hydrogen (secondary N) is 1. The van der Waals surface area contributed by atoms with Gasteiger partial charge in [0.05, 0.1) is 11.6 Å². The molecule has 4 nitrogen and oxygen atoms in total. The Morgan fingerprint density at radius 3 is 2.71 bits per heavy atom. The predicted octanol–water partition coefficient (Wildman–Crippen LogP) is 0.668. The van der Waals surface area contributed by atoms with Crippen molar-refractivity contribution < 1.29 is 14.6 Å². The molecule has 0 radical (unpaired) electrons. The number of hydrogen-bond acceptors (Lipinski definition) is 3. The maximum absolute atomic E-state index is 12.8. The summed E-state index contributed by atoms with van der Waals surface area (Å²) >= 11 is 5.51. The highest BCUT2D eigenvalue weighted by Gasteiger charge is 2.28. The molecular weight excluding hydrogens is 245 g/mol. The third-order valence-electron chi connectivity index (χ3n) is 2.57. The topological polar surface area (TPSA) is 49.0 Å². The number of nitrogens with two attached hydrogens (primary N) is 1. The van der Waals surface area contributed by atoms with Crippen LogP contribution >= 0.6 is 11.6 Å². The van der Waals surface area contributed by atoms with Crippen molar-refractivity contribution in [3.8, 4) is 0 Å². The first-order chi connectivity index (χ1) is 8.13. The Morgan fingerprint density at radius 2 is 2.12 bits per heavy atom. The van der Waals surface area contributed by atoms with Crippen molar-refractivity contribution in [2.24, 2.45) is 0 Å². The summed E-state index contributed by atoms with van der Waals surface area (Å²) in [6, 6.07) is 6.00. The molecule has 90 valence electrons. The molecule has 3 N–H and O–H groups in total. The van der Waals surface area contributed by atoms with Gasteiger partial charge in [0.1, 0.15) is 11.5 Å². The van der Waals surface area contributed by atoms with Gasteiger partial charge >= 0.3 is 0 Å². The van der Waals surface area contributed by atoms with E-state index in [0.29, 0.717) is 5.70 Å². The van der Waals surface area contributed by atoms with Crippen molar-refractivity contribution in [1.29, 1.82) is 0 Å². The second-order valence-corrected chi connectivity index (χ2v) is 3.91. The van der Waals surface area contributed by atoms with Gasteiger partial charge in [-0.1, -0.05) is 5.53 Å². The zero-order chi connectivity index (χ0) is 12.4. The lowest BCUT2D eigenvalue weighted by Gasteiger charge is -2.15. The average Bonchev–Trinajstić information content (AvgIpc) is 2.71. The van der Waals surface area contributed by atoms with Crippen LogP contribution in [-0.4, -0.2) is 11.7 Å². The largest absolute Gasteiger partial charge is 0.287 e. The van der Waals surface area contributed by atoms with E-state index >= 15 is 0 Å². The number of quaternary nitrogens is 1. The maximum Gasteiger partial charge on any atom is 0.234 e. The molecule has 2 rings (SSSR count). The van der Waals surface area contributed by atoms with Crippen LogP contribution in [0.3, 0.4) is 0 Å². The lowest BCUT2D eigenvalue weighted by molar-refractivity contribution is -0.651. The SMILES string of the molecule is CC1=C(C(=O)CCl)[NH2+]NN1c1ccc(F)cc1. The van der Waals surface area contributed by atoms with Crippen LogP contribution in [0.15, 0.2) is 35.7 Å². The van der Waals surface area contributed by atoms with E-state index in [2.05, 4.69) is 5.53 Å². The molecule has 0 amide bonds. The second-order valence-electron chi connectivity index (χ2n) is 3.64. The minimum absolute atomic E-state index is 0.0535. The smallest absolute Gasteiger partial charge is 0.234 e. The Hall–Kier alpha value is -1.43. The molecule has 0 aromatic heterocycles. The minimum Gasteiger partial charge on any atom is -0.287 e. The van der Waals surface area contributed by atoms with Crippen LogP contribution in [0.4, 0.5) is 10.1 Å². The molecule has 0 spiro atoms. The number of Topliss-reactive ketones (excluding diaryl/α,β-unsaturated/α-hetero) is 1. The predicted molar refractivity (Wildman–Crippen MR) is 62.4 cm³/mol.